The van der Waals surface area contributed by atoms with Gasteiger partial charge in [-0.2, -0.15) is 5.10 Å². The molecule has 0 saturated heterocycles. The Balaban J connectivity index is 1.62. The molecule has 9 heteroatoms. The quantitative estimate of drug-likeness (QED) is 0.529. The highest BCUT2D eigenvalue weighted by atomic mass is 19.3. The Bertz CT molecular complexity index is 1310. The molecule has 0 fully saturated rings. The lowest BCUT2D eigenvalue weighted by Crippen LogP contribution is -2.22. The predicted octanol–water partition coefficient (Wildman–Crippen LogP) is 3.28. The van der Waals surface area contributed by atoms with Crippen LogP contribution < -0.4 is 11.2 Å². The van der Waals surface area contributed by atoms with Crippen LogP contribution in [0.25, 0.3) is 22.4 Å². The molecule has 0 aliphatic rings. The SMILES string of the molecule is Cc1nnc(-c2c[nH]c(=O)[nH]c2=O)cc1-c1ccn(Cc2ccc(C(F)F)cc2)c1. The minimum atomic E-state index is -2.48. The van der Waals surface area contributed by atoms with E-state index in [4.69, 9.17) is 0 Å². The van der Waals surface area contributed by atoms with E-state index in [9.17, 15) is 18.4 Å². The summed E-state index contributed by atoms with van der Waals surface area (Å²) >= 11 is 0. The second-order valence-corrected chi connectivity index (χ2v) is 6.83. The summed E-state index contributed by atoms with van der Waals surface area (Å²) in [6, 6.07) is 9.85. The van der Waals surface area contributed by atoms with Gasteiger partial charge in [-0.1, -0.05) is 24.3 Å². The summed E-state index contributed by atoms with van der Waals surface area (Å²) in [5, 5.41) is 8.20. The molecule has 2 N–H and O–H groups in total. The molecule has 1 aromatic carbocycles. The molecule has 0 saturated carbocycles. The number of aryl methyl sites for hydroxylation is 1. The Morgan fingerprint density at radius 2 is 1.83 bits per heavy atom. The third kappa shape index (κ3) is 3.95. The van der Waals surface area contributed by atoms with Gasteiger partial charge in [0.25, 0.3) is 12.0 Å². The lowest BCUT2D eigenvalue weighted by molar-refractivity contribution is 0.151. The lowest BCUT2D eigenvalue weighted by Gasteiger charge is -2.07. The molecule has 0 aliphatic heterocycles. The van der Waals surface area contributed by atoms with Crippen molar-refractivity contribution >= 4 is 0 Å². The molecule has 4 rings (SSSR count). The Hall–Kier alpha value is -3.88. The molecule has 0 atom stereocenters. The van der Waals surface area contributed by atoms with E-state index < -0.39 is 17.7 Å². The Morgan fingerprint density at radius 1 is 1.07 bits per heavy atom. The molecule has 0 aliphatic carbocycles. The molecule has 0 spiro atoms. The van der Waals surface area contributed by atoms with Gasteiger partial charge >= 0.3 is 5.69 Å². The summed E-state index contributed by atoms with van der Waals surface area (Å²) in [6.07, 6.45) is 2.61. The summed E-state index contributed by atoms with van der Waals surface area (Å²) in [5.74, 6) is 0. The molecule has 4 aromatic rings. The highest BCUT2D eigenvalue weighted by Gasteiger charge is 2.12. The monoisotopic (exact) mass is 409 g/mol. The number of aromatic amines is 2. The van der Waals surface area contributed by atoms with Gasteiger partial charge in [-0.3, -0.25) is 9.78 Å². The average molecular weight is 409 g/mol. The fourth-order valence-corrected chi connectivity index (χ4v) is 3.15. The van der Waals surface area contributed by atoms with E-state index in [0.717, 1.165) is 16.7 Å². The first-order valence-corrected chi connectivity index (χ1v) is 9.10. The van der Waals surface area contributed by atoms with E-state index in [1.807, 2.05) is 30.0 Å². The first-order valence-electron chi connectivity index (χ1n) is 9.10. The number of rotatable bonds is 5. The first kappa shape index (κ1) is 19.4. The van der Waals surface area contributed by atoms with Crippen molar-refractivity contribution in [3.05, 3.63) is 92.6 Å². The molecular formula is C21H17F2N5O2. The lowest BCUT2D eigenvalue weighted by atomic mass is 10.1. The fourth-order valence-electron chi connectivity index (χ4n) is 3.15. The average Bonchev–Trinajstić information content (AvgIpc) is 3.17. The van der Waals surface area contributed by atoms with Crippen LogP contribution in [0.5, 0.6) is 0 Å². The van der Waals surface area contributed by atoms with Crippen molar-refractivity contribution in [2.75, 3.05) is 0 Å². The zero-order chi connectivity index (χ0) is 21.3. The number of halogens is 2. The van der Waals surface area contributed by atoms with Crippen LogP contribution in [0.2, 0.25) is 0 Å². The van der Waals surface area contributed by atoms with Crippen LogP contribution >= 0.6 is 0 Å². The third-order valence-corrected chi connectivity index (χ3v) is 4.73. The summed E-state index contributed by atoms with van der Waals surface area (Å²) in [4.78, 5) is 27.9. The zero-order valence-electron chi connectivity index (χ0n) is 15.9. The van der Waals surface area contributed by atoms with Crippen molar-refractivity contribution in [2.24, 2.45) is 0 Å². The van der Waals surface area contributed by atoms with Crippen LogP contribution in [0.3, 0.4) is 0 Å². The highest BCUT2D eigenvalue weighted by Crippen LogP contribution is 2.26. The summed E-state index contributed by atoms with van der Waals surface area (Å²) in [7, 11) is 0. The van der Waals surface area contributed by atoms with Gasteiger partial charge in [0.1, 0.15) is 5.69 Å². The van der Waals surface area contributed by atoms with Crippen LogP contribution in [0.15, 0.2) is 64.6 Å². The van der Waals surface area contributed by atoms with Crippen molar-refractivity contribution in [1.82, 2.24) is 24.7 Å². The maximum absolute atomic E-state index is 12.7. The Labute approximate surface area is 169 Å². The van der Waals surface area contributed by atoms with E-state index in [1.165, 1.54) is 18.3 Å². The van der Waals surface area contributed by atoms with Crippen LogP contribution in [0, 0.1) is 6.92 Å². The number of aromatic nitrogens is 5. The van der Waals surface area contributed by atoms with Crippen molar-refractivity contribution in [2.45, 2.75) is 19.9 Å². The number of nitrogens with zero attached hydrogens (tertiary/aromatic N) is 3. The molecule has 0 radical (unpaired) electrons. The summed E-state index contributed by atoms with van der Waals surface area (Å²) < 4.78 is 27.3. The van der Waals surface area contributed by atoms with Crippen molar-refractivity contribution < 1.29 is 8.78 Å². The fraction of sp³-hybridized carbons (Fsp3) is 0.143. The Kier molecular flexibility index (Phi) is 5.09. The zero-order valence-corrected chi connectivity index (χ0v) is 15.9. The molecule has 0 unspecified atom stereocenters. The first-order chi connectivity index (χ1) is 14.4. The molecule has 152 valence electrons. The van der Waals surface area contributed by atoms with E-state index in [1.54, 1.807) is 18.2 Å². The summed E-state index contributed by atoms with van der Waals surface area (Å²) in [6.45, 7) is 2.33. The smallest absolute Gasteiger partial charge is 0.325 e. The van der Waals surface area contributed by atoms with Gasteiger partial charge in [0, 0.05) is 41.8 Å². The second kappa shape index (κ2) is 7.86. The van der Waals surface area contributed by atoms with Crippen LogP contribution in [0.4, 0.5) is 8.78 Å². The van der Waals surface area contributed by atoms with Crippen molar-refractivity contribution in [3.8, 4) is 22.4 Å². The number of H-pyrrole nitrogens is 2. The van der Waals surface area contributed by atoms with E-state index in [2.05, 4.69) is 20.2 Å². The van der Waals surface area contributed by atoms with Crippen molar-refractivity contribution in [1.29, 1.82) is 0 Å². The minimum Gasteiger partial charge on any atom is -0.349 e. The third-order valence-electron chi connectivity index (χ3n) is 4.73. The van der Waals surface area contributed by atoms with Crippen LogP contribution in [0.1, 0.15) is 23.2 Å². The van der Waals surface area contributed by atoms with Gasteiger partial charge in [0.2, 0.25) is 0 Å². The van der Waals surface area contributed by atoms with Gasteiger partial charge in [-0.25, -0.2) is 13.6 Å². The number of alkyl halides is 2. The maximum atomic E-state index is 12.7. The highest BCUT2D eigenvalue weighted by molar-refractivity contribution is 5.70. The van der Waals surface area contributed by atoms with E-state index in [0.29, 0.717) is 17.9 Å². The minimum absolute atomic E-state index is 0.00444. The molecular weight excluding hydrogens is 392 g/mol. The molecule has 7 nitrogen and oxygen atoms in total. The van der Waals surface area contributed by atoms with Gasteiger partial charge < -0.3 is 9.55 Å². The second-order valence-electron chi connectivity index (χ2n) is 6.83. The van der Waals surface area contributed by atoms with Crippen LogP contribution in [-0.2, 0) is 6.54 Å². The van der Waals surface area contributed by atoms with Gasteiger partial charge in [0.15, 0.2) is 0 Å². The topological polar surface area (TPSA) is 96.4 Å². The number of benzene rings is 1. The normalized spacial score (nSPS) is 11.2. The van der Waals surface area contributed by atoms with E-state index >= 15 is 0 Å². The molecule has 0 amide bonds. The molecule has 0 bridgehead atoms. The number of nitrogens with one attached hydrogen (secondary N) is 2. The van der Waals surface area contributed by atoms with Crippen molar-refractivity contribution in [3.63, 3.8) is 0 Å². The largest absolute Gasteiger partial charge is 0.349 e. The summed E-state index contributed by atoms with van der Waals surface area (Å²) in [5.41, 5.74) is 2.63. The Morgan fingerprint density at radius 3 is 2.53 bits per heavy atom. The van der Waals surface area contributed by atoms with E-state index in [-0.39, 0.29) is 11.1 Å². The molecule has 30 heavy (non-hydrogen) atoms. The predicted molar refractivity (Wildman–Crippen MR) is 107 cm³/mol. The number of hydrogen-bond acceptors (Lipinski definition) is 4. The molecule has 3 heterocycles. The maximum Gasteiger partial charge on any atom is 0.325 e. The van der Waals surface area contributed by atoms with Gasteiger partial charge in [-0.15, -0.1) is 5.10 Å². The number of hydrogen-bond donors (Lipinski definition) is 2. The molecule has 3 aromatic heterocycles. The van der Waals surface area contributed by atoms with Gasteiger partial charge in [0.05, 0.1) is 11.3 Å². The van der Waals surface area contributed by atoms with Gasteiger partial charge in [-0.05, 0) is 24.6 Å². The van der Waals surface area contributed by atoms with Crippen LogP contribution in [-0.4, -0.2) is 24.7 Å². The standard InChI is InChI=1S/C21H17F2N5O2/c1-12-16(8-18(27-26-12)17-9-24-21(30)25-20(17)29)15-6-7-28(11-15)10-13-2-4-14(5-3-13)19(22)23/h2-9,11,19H,10H2,1H3,(H2,24,25,29,30).